The lowest BCUT2D eigenvalue weighted by Gasteiger charge is -2.29. The first-order valence-corrected chi connectivity index (χ1v) is 6.66. The Hall–Kier alpha value is -1.85. The van der Waals surface area contributed by atoms with Gasteiger partial charge in [-0.3, -0.25) is 14.7 Å². The molecule has 0 fully saturated rings. The fraction of sp³-hybridized carbons (Fsp3) is 0.286. The van der Waals surface area contributed by atoms with Crippen molar-refractivity contribution in [1.82, 2.24) is 9.88 Å². The average Bonchev–Trinajstić information content (AvgIpc) is 2.45. The standard InChI is InChI=1S/C14H13ClN2O3/c15-11-6-9-7-17(5-3-12(18)19)8-20-14(9)13-10(11)2-1-4-16-13/h1-2,4,6H,3,5,7-8H2,(H,18,19). The van der Waals surface area contributed by atoms with Crippen LogP contribution in [0.4, 0.5) is 0 Å². The molecule has 0 bridgehead atoms. The average molecular weight is 293 g/mol. The molecule has 0 unspecified atom stereocenters. The van der Waals surface area contributed by atoms with E-state index in [2.05, 4.69) is 4.98 Å². The van der Waals surface area contributed by atoms with Gasteiger partial charge in [-0.1, -0.05) is 11.6 Å². The van der Waals surface area contributed by atoms with Crippen molar-refractivity contribution >= 4 is 28.5 Å². The van der Waals surface area contributed by atoms with Gasteiger partial charge in [0, 0.05) is 30.2 Å². The SMILES string of the molecule is O=C(O)CCN1COc2c(cc(Cl)c3cccnc23)C1. The van der Waals surface area contributed by atoms with Crippen molar-refractivity contribution in [3.05, 3.63) is 35.0 Å². The summed E-state index contributed by atoms with van der Waals surface area (Å²) in [7, 11) is 0. The van der Waals surface area contributed by atoms with Gasteiger partial charge < -0.3 is 9.84 Å². The largest absolute Gasteiger partial charge is 0.481 e. The molecule has 0 saturated carbocycles. The van der Waals surface area contributed by atoms with Crippen LogP contribution in [0.5, 0.6) is 5.75 Å². The first-order valence-electron chi connectivity index (χ1n) is 6.28. The Morgan fingerprint density at radius 1 is 1.55 bits per heavy atom. The van der Waals surface area contributed by atoms with Crippen LogP contribution in [0.25, 0.3) is 10.9 Å². The topological polar surface area (TPSA) is 62.7 Å². The van der Waals surface area contributed by atoms with Crippen LogP contribution in [0.1, 0.15) is 12.0 Å². The first kappa shape index (κ1) is 13.1. The van der Waals surface area contributed by atoms with Gasteiger partial charge in [0.2, 0.25) is 0 Å². The van der Waals surface area contributed by atoms with Crippen LogP contribution in [0, 0.1) is 0 Å². The molecular formula is C14H13ClN2O3. The predicted molar refractivity (Wildman–Crippen MR) is 74.9 cm³/mol. The Morgan fingerprint density at radius 3 is 3.20 bits per heavy atom. The predicted octanol–water partition coefficient (Wildman–Crippen LogP) is 2.51. The molecule has 1 N–H and O–H groups in total. The minimum absolute atomic E-state index is 0.0955. The molecule has 0 atom stereocenters. The normalized spacial score (nSPS) is 14.8. The molecule has 104 valence electrons. The molecule has 2 heterocycles. The second-order valence-electron chi connectivity index (χ2n) is 4.72. The molecule has 3 rings (SSSR count). The number of benzene rings is 1. The molecule has 0 saturated heterocycles. The van der Waals surface area contributed by atoms with E-state index in [1.807, 2.05) is 23.1 Å². The van der Waals surface area contributed by atoms with Crippen LogP contribution in [-0.2, 0) is 11.3 Å². The highest BCUT2D eigenvalue weighted by molar-refractivity contribution is 6.35. The van der Waals surface area contributed by atoms with Crippen molar-refractivity contribution in [1.29, 1.82) is 0 Å². The summed E-state index contributed by atoms with van der Waals surface area (Å²) in [5.41, 5.74) is 1.70. The number of hydrogen-bond acceptors (Lipinski definition) is 4. The first-order chi connectivity index (χ1) is 9.65. The zero-order chi connectivity index (χ0) is 14.1. The molecule has 1 aromatic carbocycles. The number of ether oxygens (including phenoxy) is 1. The number of pyridine rings is 1. The summed E-state index contributed by atoms with van der Waals surface area (Å²) in [6.07, 6.45) is 1.80. The van der Waals surface area contributed by atoms with E-state index in [9.17, 15) is 4.79 Å². The van der Waals surface area contributed by atoms with E-state index < -0.39 is 5.97 Å². The second-order valence-corrected chi connectivity index (χ2v) is 5.12. The summed E-state index contributed by atoms with van der Waals surface area (Å²) in [5, 5.41) is 10.2. The lowest BCUT2D eigenvalue weighted by molar-refractivity contribution is -0.137. The minimum atomic E-state index is -0.811. The van der Waals surface area contributed by atoms with Gasteiger partial charge >= 0.3 is 5.97 Å². The number of aliphatic carboxylic acids is 1. The van der Waals surface area contributed by atoms with Crippen molar-refractivity contribution in [3.63, 3.8) is 0 Å². The Kier molecular flexibility index (Phi) is 3.46. The summed E-state index contributed by atoms with van der Waals surface area (Å²) in [4.78, 5) is 16.9. The summed E-state index contributed by atoms with van der Waals surface area (Å²) in [6.45, 7) is 1.44. The molecule has 5 nitrogen and oxygen atoms in total. The molecule has 0 spiro atoms. The van der Waals surface area contributed by atoms with E-state index in [0.717, 1.165) is 22.2 Å². The zero-order valence-electron chi connectivity index (χ0n) is 10.7. The maximum atomic E-state index is 10.6. The van der Waals surface area contributed by atoms with E-state index in [4.69, 9.17) is 21.4 Å². The number of carbonyl (C=O) groups is 1. The molecule has 0 amide bonds. The number of aromatic nitrogens is 1. The van der Waals surface area contributed by atoms with Crippen molar-refractivity contribution in [3.8, 4) is 5.75 Å². The Balaban J connectivity index is 1.92. The highest BCUT2D eigenvalue weighted by atomic mass is 35.5. The van der Waals surface area contributed by atoms with Crippen LogP contribution in [-0.4, -0.2) is 34.2 Å². The molecule has 1 aliphatic rings. The third-order valence-corrected chi connectivity index (χ3v) is 3.61. The van der Waals surface area contributed by atoms with Crippen LogP contribution >= 0.6 is 11.6 Å². The van der Waals surface area contributed by atoms with Gasteiger partial charge in [0.25, 0.3) is 0 Å². The number of fused-ring (bicyclic) bond motifs is 3. The third kappa shape index (κ3) is 2.42. The Bertz CT molecular complexity index is 675. The molecule has 1 aromatic heterocycles. The molecular weight excluding hydrogens is 280 g/mol. The quantitative estimate of drug-likeness (QED) is 0.942. The van der Waals surface area contributed by atoms with Gasteiger partial charge in [0.05, 0.1) is 11.4 Å². The maximum Gasteiger partial charge on any atom is 0.304 e. The molecule has 6 heteroatoms. The van der Waals surface area contributed by atoms with Gasteiger partial charge in [-0.05, 0) is 18.2 Å². The summed E-state index contributed by atoms with van der Waals surface area (Å²) >= 11 is 6.26. The lowest BCUT2D eigenvalue weighted by atomic mass is 10.1. The van der Waals surface area contributed by atoms with Gasteiger partial charge in [0.15, 0.2) is 5.75 Å². The fourth-order valence-electron chi connectivity index (χ4n) is 2.35. The Labute approximate surface area is 120 Å². The van der Waals surface area contributed by atoms with E-state index in [1.54, 1.807) is 6.20 Å². The molecule has 20 heavy (non-hydrogen) atoms. The number of hydrogen-bond donors (Lipinski definition) is 1. The van der Waals surface area contributed by atoms with Crippen molar-refractivity contribution in [2.24, 2.45) is 0 Å². The number of carboxylic acids is 1. The van der Waals surface area contributed by atoms with Crippen LogP contribution < -0.4 is 4.74 Å². The monoisotopic (exact) mass is 292 g/mol. The van der Waals surface area contributed by atoms with Gasteiger partial charge in [-0.15, -0.1) is 0 Å². The van der Waals surface area contributed by atoms with Crippen molar-refractivity contribution in [2.45, 2.75) is 13.0 Å². The summed E-state index contributed by atoms with van der Waals surface area (Å²) in [6, 6.07) is 5.61. The van der Waals surface area contributed by atoms with E-state index in [1.165, 1.54) is 0 Å². The van der Waals surface area contributed by atoms with Crippen LogP contribution in [0.2, 0.25) is 5.02 Å². The minimum Gasteiger partial charge on any atom is -0.481 e. The van der Waals surface area contributed by atoms with Crippen LogP contribution in [0.3, 0.4) is 0 Å². The molecule has 0 aliphatic carbocycles. The maximum absolute atomic E-state index is 10.6. The van der Waals surface area contributed by atoms with Gasteiger partial charge in [-0.2, -0.15) is 0 Å². The third-order valence-electron chi connectivity index (χ3n) is 3.30. The number of halogens is 1. The lowest BCUT2D eigenvalue weighted by Crippen LogP contribution is -2.33. The summed E-state index contributed by atoms with van der Waals surface area (Å²) < 4.78 is 5.75. The smallest absolute Gasteiger partial charge is 0.304 e. The molecule has 2 aromatic rings. The number of carboxylic acid groups (broad SMARTS) is 1. The Morgan fingerprint density at radius 2 is 2.40 bits per heavy atom. The molecule has 0 radical (unpaired) electrons. The number of nitrogens with zero attached hydrogens (tertiary/aromatic N) is 2. The van der Waals surface area contributed by atoms with E-state index in [0.29, 0.717) is 24.8 Å². The van der Waals surface area contributed by atoms with Crippen LogP contribution in [0.15, 0.2) is 24.4 Å². The van der Waals surface area contributed by atoms with Crippen molar-refractivity contribution in [2.75, 3.05) is 13.3 Å². The van der Waals surface area contributed by atoms with E-state index in [-0.39, 0.29) is 6.42 Å². The number of rotatable bonds is 3. The highest BCUT2D eigenvalue weighted by Gasteiger charge is 2.21. The highest BCUT2D eigenvalue weighted by Crippen LogP contribution is 2.36. The molecule has 1 aliphatic heterocycles. The fourth-order valence-corrected chi connectivity index (χ4v) is 2.63. The van der Waals surface area contributed by atoms with Crippen molar-refractivity contribution < 1.29 is 14.6 Å². The van der Waals surface area contributed by atoms with E-state index >= 15 is 0 Å². The summed E-state index contributed by atoms with van der Waals surface area (Å²) in [5.74, 6) is -0.0643. The van der Waals surface area contributed by atoms with Gasteiger partial charge in [0.1, 0.15) is 12.2 Å². The van der Waals surface area contributed by atoms with Gasteiger partial charge in [-0.25, -0.2) is 0 Å². The second kappa shape index (κ2) is 5.26. The zero-order valence-corrected chi connectivity index (χ0v) is 11.4.